The van der Waals surface area contributed by atoms with Gasteiger partial charge in [-0.05, 0) is 81.2 Å². The number of pyridine rings is 1. The Morgan fingerprint density at radius 2 is 1.56 bits per heavy atom. The molecule has 290 valence electrons. The zero-order chi connectivity index (χ0) is 39.2. The number of sulfone groups is 1. The highest BCUT2D eigenvalue weighted by atomic mass is 32.2. The van der Waals surface area contributed by atoms with Crippen LogP contribution in [-0.4, -0.2) is 79.4 Å². The fraction of sp³-hybridized carbons (Fsp3) is 0.405. The van der Waals surface area contributed by atoms with E-state index in [4.69, 9.17) is 0 Å². The van der Waals surface area contributed by atoms with Crippen LogP contribution in [0.3, 0.4) is 0 Å². The minimum Gasteiger partial charge on any atom is -0.337 e. The number of amides is 1. The highest BCUT2D eigenvalue weighted by Crippen LogP contribution is 2.40. The number of hydrogen-bond acceptors (Lipinski definition) is 6. The molecule has 0 bridgehead atoms. The van der Waals surface area contributed by atoms with E-state index in [1.165, 1.54) is 41.3 Å². The molecule has 2 aliphatic heterocycles. The number of carbonyl (C=O) groups is 1. The predicted octanol–water partition coefficient (Wildman–Crippen LogP) is 8.35. The molecule has 6 rings (SSSR count). The first-order valence-corrected chi connectivity index (χ1v) is 18.9. The molecule has 0 radical (unpaired) electrons. The third-order valence-electron chi connectivity index (χ3n) is 9.99. The van der Waals surface area contributed by atoms with E-state index in [0.717, 1.165) is 42.7 Å². The summed E-state index contributed by atoms with van der Waals surface area (Å²) < 4.78 is 152. The number of alkyl halides is 9. The van der Waals surface area contributed by atoms with Gasteiger partial charge in [-0.15, -0.1) is 0 Å². The fourth-order valence-corrected chi connectivity index (χ4v) is 8.07. The van der Waals surface area contributed by atoms with Crippen LogP contribution in [0.15, 0.2) is 77.7 Å². The van der Waals surface area contributed by atoms with Gasteiger partial charge in [0.1, 0.15) is 6.04 Å². The maximum Gasteiger partial charge on any atom is 0.416 e. The second-order valence-corrected chi connectivity index (χ2v) is 15.7. The van der Waals surface area contributed by atoms with Crippen molar-refractivity contribution in [1.29, 1.82) is 0 Å². The minimum absolute atomic E-state index is 0.0251. The van der Waals surface area contributed by atoms with E-state index in [1.807, 2.05) is 5.32 Å². The molecule has 2 saturated heterocycles. The van der Waals surface area contributed by atoms with Crippen LogP contribution in [0.25, 0.3) is 22.2 Å². The van der Waals surface area contributed by atoms with Gasteiger partial charge >= 0.3 is 18.5 Å². The van der Waals surface area contributed by atoms with Gasteiger partial charge in [-0.2, -0.15) is 39.5 Å². The minimum atomic E-state index is -5.01. The summed E-state index contributed by atoms with van der Waals surface area (Å²) in [5, 5.41) is 1.88. The molecular weight excluding hydrogens is 751 g/mol. The standard InChI is InChI=1S/C37H35F9N4O3S/c1-54(52,53)26-12-13-29-27(20-26)31(34(51)48-33(37(44,45)46)22-7-3-2-4-8-22)28(32(47-29)23-9-5-10-24(19-23)35(38,39)40)21-49-17-14-25(15-18-49)50-16-6-11-30(50)36(41,42)43/h2-5,7-10,12-13,19-20,25,30,33H,6,11,14-18,21H2,1H3,(H,48,51)/t30?,33-/m1/s1. The van der Waals surface area contributed by atoms with Crippen molar-refractivity contribution >= 4 is 26.6 Å². The fourth-order valence-electron chi connectivity index (χ4n) is 7.42. The molecule has 1 unspecified atom stereocenters. The molecule has 2 aliphatic rings. The van der Waals surface area contributed by atoms with Gasteiger partial charge in [-0.1, -0.05) is 42.5 Å². The number of hydrogen-bond donors (Lipinski definition) is 1. The van der Waals surface area contributed by atoms with E-state index in [9.17, 15) is 52.7 Å². The highest BCUT2D eigenvalue weighted by Gasteiger charge is 2.48. The van der Waals surface area contributed by atoms with Gasteiger partial charge in [0.15, 0.2) is 15.9 Å². The van der Waals surface area contributed by atoms with E-state index < -0.39 is 63.5 Å². The topological polar surface area (TPSA) is 82.6 Å². The number of halogens is 9. The summed E-state index contributed by atoms with van der Waals surface area (Å²) in [6, 6.07) is 9.48. The summed E-state index contributed by atoms with van der Waals surface area (Å²) >= 11 is 0. The summed E-state index contributed by atoms with van der Waals surface area (Å²) in [7, 11) is -3.94. The lowest BCUT2D eigenvalue weighted by molar-refractivity contribution is -0.182. The Labute approximate surface area is 305 Å². The number of benzene rings is 3. The third-order valence-corrected chi connectivity index (χ3v) is 11.1. The van der Waals surface area contributed by atoms with E-state index in [-0.39, 0.29) is 83.6 Å². The molecule has 0 saturated carbocycles. The van der Waals surface area contributed by atoms with Crippen molar-refractivity contribution < 1.29 is 52.7 Å². The lowest BCUT2D eigenvalue weighted by Crippen LogP contribution is -2.50. The first-order chi connectivity index (χ1) is 25.2. The number of nitrogens with one attached hydrogen (secondary N) is 1. The van der Waals surface area contributed by atoms with E-state index in [2.05, 4.69) is 4.98 Å². The molecule has 2 atom stereocenters. The van der Waals surface area contributed by atoms with Crippen molar-refractivity contribution in [3.63, 3.8) is 0 Å². The van der Waals surface area contributed by atoms with Crippen LogP contribution in [0.4, 0.5) is 39.5 Å². The summed E-state index contributed by atoms with van der Waals surface area (Å²) in [5.41, 5.74) is -2.22. The van der Waals surface area contributed by atoms with Crippen molar-refractivity contribution in [3.8, 4) is 11.3 Å². The molecule has 54 heavy (non-hydrogen) atoms. The second-order valence-electron chi connectivity index (χ2n) is 13.6. The molecular formula is C37H35F9N4O3S. The van der Waals surface area contributed by atoms with Crippen molar-refractivity contribution in [2.45, 2.75) is 73.8 Å². The monoisotopic (exact) mass is 786 g/mol. The largest absolute Gasteiger partial charge is 0.416 e. The first kappa shape index (κ1) is 39.5. The van der Waals surface area contributed by atoms with Gasteiger partial charge in [0.25, 0.3) is 5.91 Å². The van der Waals surface area contributed by atoms with Crippen molar-refractivity contribution in [1.82, 2.24) is 20.1 Å². The first-order valence-electron chi connectivity index (χ1n) is 17.0. The Kier molecular flexibility index (Phi) is 10.8. The van der Waals surface area contributed by atoms with E-state index in [0.29, 0.717) is 6.42 Å². The molecule has 0 aliphatic carbocycles. The molecule has 1 aromatic heterocycles. The lowest BCUT2D eigenvalue weighted by Gasteiger charge is -2.40. The van der Waals surface area contributed by atoms with Crippen LogP contribution in [-0.2, 0) is 22.6 Å². The Morgan fingerprint density at radius 3 is 2.17 bits per heavy atom. The maximum absolute atomic E-state index is 14.6. The molecule has 3 aromatic carbocycles. The van der Waals surface area contributed by atoms with E-state index in [1.54, 1.807) is 4.90 Å². The van der Waals surface area contributed by atoms with Crippen molar-refractivity contribution in [2.24, 2.45) is 0 Å². The third kappa shape index (κ3) is 8.52. The Balaban J connectivity index is 1.50. The van der Waals surface area contributed by atoms with Crippen LogP contribution >= 0.6 is 0 Å². The van der Waals surface area contributed by atoms with Crippen LogP contribution in [0.2, 0.25) is 0 Å². The highest BCUT2D eigenvalue weighted by molar-refractivity contribution is 7.90. The SMILES string of the molecule is CS(=O)(=O)c1ccc2nc(-c3cccc(C(F)(F)F)c3)c(CN3CCC(N4CCCC4C(F)(F)F)CC3)c(C(=O)N[C@H](c3ccccc3)C(F)(F)F)c2c1. The smallest absolute Gasteiger partial charge is 0.337 e. The number of rotatable bonds is 8. The Bertz CT molecular complexity index is 2120. The summed E-state index contributed by atoms with van der Waals surface area (Å²) in [6.07, 6.45) is -12.4. The van der Waals surface area contributed by atoms with Crippen molar-refractivity contribution in [3.05, 3.63) is 95.1 Å². The summed E-state index contributed by atoms with van der Waals surface area (Å²) in [6.45, 7) is 0.382. The predicted molar refractivity (Wildman–Crippen MR) is 182 cm³/mol. The molecule has 2 fully saturated rings. The van der Waals surface area contributed by atoms with Gasteiger partial charge in [0.05, 0.1) is 27.2 Å². The number of aromatic nitrogens is 1. The molecule has 17 heteroatoms. The number of carbonyl (C=O) groups excluding carboxylic acids is 1. The molecule has 0 spiro atoms. The number of fused-ring (bicyclic) bond motifs is 1. The Morgan fingerprint density at radius 1 is 0.870 bits per heavy atom. The quantitative estimate of drug-likeness (QED) is 0.181. The van der Waals surface area contributed by atoms with Crippen LogP contribution in [0.5, 0.6) is 0 Å². The number of likely N-dealkylation sites (tertiary alicyclic amines) is 2. The van der Waals surface area contributed by atoms with Crippen LogP contribution < -0.4 is 5.32 Å². The van der Waals surface area contributed by atoms with Gasteiger partial charge in [-0.25, -0.2) is 13.4 Å². The van der Waals surface area contributed by atoms with Gasteiger partial charge in [0.2, 0.25) is 0 Å². The van der Waals surface area contributed by atoms with Gasteiger partial charge < -0.3 is 5.32 Å². The van der Waals surface area contributed by atoms with Gasteiger partial charge in [0, 0.05) is 35.4 Å². The molecule has 1 amide bonds. The summed E-state index contributed by atoms with van der Waals surface area (Å²) in [4.78, 5) is 21.9. The average molecular weight is 787 g/mol. The summed E-state index contributed by atoms with van der Waals surface area (Å²) in [5.74, 6) is -1.29. The van der Waals surface area contributed by atoms with Crippen LogP contribution in [0.1, 0.15) is 58.8 Å². The molecule has 1 N–H and O–H groups in total. The van der Waals surface area contributed by atoms with Crippen LogP contribution in [0, 0.1) is 0 Å². The molecule has 4 aromatic rings. The molecule has 7 nitrogen and oxygen atoms in total. The average Bonchev–Trinajstić information content (AvgIpc) is 3.61. The zero-order valence-corrected chi connectivity index (χ0v) is 29.5. The van der Waals surface area contributed by atoms with Gasteiger partial charge in [-0.3, -0.25) is 14.6 Å². The second kappa shape index (κ2) is 14.8. The number of piperidine rings is 1. The zero-order valence-electron chi connectivity index (χ0n) is 28.7. The lowest BCUT2D eigenvalue weighted by atomic mass is 9.93. The van der Waals surface area contributed by atoms with Crippen molar-refractivity contribution in [2.75, 3.05) is 25.9 Å². The normalized spacial score (nSPS) is 19.0. The van der Waals surface area contributed by atoms with E-state index >= 15 is 0 Å². The Hall–Kier alpha value is -4.22. The number of nitrogens with zero attached hydrogens (tertiary/aromatic N) is 3. The maximum atomic E-state index is 14.6. The molecule has 3 heterocycles.